The van der Waals surface area contributed by atoms with E-state index in [4.69, 9.17) is 4.74 Å². The topological polar surface area (TPSA) is 35.3 Å². The number of thiol groups is 1. The second kappa shape index (κ2) is 4.35. The van der Waals surface area contributed by atoms with Crippen LogP contribution in [0.1, 0.15) is 5.56 Å². The van der Waals surface area contributed by atoms with E-state index < -0.39 is 0 Å². The van der Waals surface area contributed by atoms with Gasteiger partial charge in [-0.05, 0) is 0 Å². The van der Waals surface area contributed by atoms with Gasteiger partial charge < -0.3 is 9.26 Å². The van der Waals surface area contributed by atoms with Gasteiger partial charge in [-0.15, -0.1) is 0 Å². The minimum Gasteiger partial charge on any atom is -0.371 e. The zero-order valence-electron chi connectivity index (χ0n) is 5.49. The van der Waals surface area contributed by atoms with Crippen molar-refractivity contribution in [2.75, 3.05) is 12.5 Å². The van der Waals surface area contributed by atoms with Crippen LogP contribution in [0.15, 0.2) is 17.0 Å². The third-order valence-electron chi connectivity index (χ3n) is 1.11. The highest BCUT2D eigenvalue weighted by Gasteiger charge is 1.93. The van der Waals surface area contributed by atoms with E-state index in [9.17, 15) is 0 Å². The maximum Gasteiger partial charge on any atom is 0.127 e. The molecule has 0 radical (unpaired) electrons. The van der Waals surface area contributed by atoms with E-state index in [-0.39, 0.29) is 0 Å². The Morgan fingerprint density at radius 1 is 1.70 bits per heavy atom. The lowest BCUT2D eigenvalue weighted by Crippen LogP contribution is -1.94. The fourth-order valence-corrected chi connectivity index (χ4v) is 0.734. The quantitative estimate of drug-likeness (QED) is 0.406. The average molecular weight is 159 g/mol. The first-order valence-corrected chi connectivity index (χ1v) is 3.63. The monoisotopic (exact) mass is 159 g/mol. The van der Waals surface area contributed by atoms with Crippen molar-refractivity contribution in [3.63, 3.8) is 0 Å². The van der Waals surface area contributed by atoms with E-state index in [2.05, 4.69) is 22.3 Å². The zero-order valence-corrected chi connectivity index (χ0v) is 6.38. The summed E-state index contributed by atoms with van der Waals surface area (Å²) < 4.78 is 9.62. The Hall–Kier alpha value is -0.480. The zero-order chi connectivity index (χ0) is 7.23. The summed E-state index contributed by atoms with van der Waals surface area (Å²) in [5.74, 6) is 0.464. The largest absolute Gasteiger partial charge is 0.371 e. The lowest BCUT2D eigenvalue weighted by Gasteiger charge is -1.95. The van der Waals surface area contributed by atoms with Crippen LogP contribution in [0.2, 0.25) is 0 Å². The molecule has 0 amide bonds. The molecular formula is C6H9NO2S. The fraction of sp³-hybridized carbons (Fsp3) is 0.500. The molecule has 4 heteroatoms. The third-order valence-corrected chi connectivity index (χ3v) is 1.29. The van der Waals surface area contributed by atoms with Gasteiger partial charge in [-0.3, -0.25) is 0 Å². The van der Waals surface area contributed by atoms with E-state index >= 15 is 0 Å². The van der Waals surface area contributed by atoms with Gasteiger partial charge in [-0.2, -0.15) is 12.6 Å². The number of rotatable bonds is 4. The highest BCUT2D eigenvalue weighted by molar-refractivity contribution is 7.80. The maximum atomic E-state index is 5.00. The molecule has 0 bridgehead atoms. The molecule has 1 aromatic heterocycles. The molecule has 0 saturated carbocycles. The van der Waals surface area contributed by atoms with Gasteiger partial charge in [0.05, 0.1) is 18.7 Å². The van der Waals surface area contributed by atoms with Crippen molar-refractivity contribution in [1.82, 2.24) is 5.16 Å². The molecule has 0 aliphatic heterocycles. The lowest BCUT2D eigenvalue weighted by atomic mass is 10.3. The highest BCUT2D eigenvalue weighted by Crippen LogP contribution is 1.97. The summed E-state index contributed by atoms with van der Waals surface area (Å²) in [5.41, 5.74) is 1.06. The third kappa shape index (κ3) is 2.41. The van der Waals surface area contributed by atoms with Crippen LogP contribution in [0.3, 0.4) is 0 Å². The molecule has 1 rings (SSSR count). The molecule has 0 spiro atoms. The summed E-state index contributed by atoms with van der Waals surface area (Å²) in [6, 6.07) is 0. The van der Waals surface area contributed by atoms with Crippen LogP contribution < -0.4 is 0 Å². The van der Waals surface area contributed by atoms with Crippen LogP contribution in [0.5, 0.6) is 0 Å². The Bertz CT molecular complexity index is 164. The van der Waals surface area contributed by atoms with Gasteiger partial charge in [0, 0.05) is 12.0 Å². The molecule has 0 atom stereocenters. The van der Waals surface area contributed by atoms with Gasteiger partial charge >= 0.3 is 0 Å². The Morgan fingerprint density at radius 2 is 2.60 bits per heavy atom. The van der Waals surface area contributed by atoms with Gasteiger partial charge in [-0.25, -0.2) is 0 Å². The van der Waals surface area contributed by atoms with Gasteiger partial charge in [0.25, 0.3) is 0 Å². The van der Waals surface area contributed by atoms with Crippen molar-refractivity contribution in [3.05, 3.63) is 18.0 Å². The van der Waals surface area contributed by atoms with Crippen molar-refractivity contribution in [1.29, 1.82) is 0 Å². The number of hydrogen-bond acceptors (Lipinski definition) is 4. The van der Waals surface area contributed by atoms with Crippen LogP contribution >= 0.6 is 12.6 Å². The Labute approximate surface area is 64.8 Å². The molecule has 0 saturated heterocycles. The predicted octanol–water partition coefficient (Wildman–Crippen LogP) is 1.12. The molecule has 0 aliphatic carbocycles. The Balaban J connectivity index is 2.15. The van der Waals surface area contributed by atoms with Gasteiger partial charge in [0.1, 0.15) is 6.26 Å². The summed E-state index contributed by atoms with van der Waals surface area (Å²) in [5, 5.41) is 3.55. The molecule has 10 heavy (non-hydrogen) atoms. The smallest absolute Gasteiger partial charge is 0.127 e. The Kier molecular flexibility index (Phi) is 3.32. The van der Waals surface area contributed by atoms with Crippen molar-refractivity contribution < 1.29 is 9.26 Å². The van der Waals surface area contributed by atoms with Crippen molar-refractivity contribution in [2.45, 2.75) is 6.42 Å². The molecule has 0 N–H and O–H groups in total. The van der Waals surface area contributed by atoms with Crippen LogP contribution in [-0.4, -0.2) is 17.7 Å². The van der Waals surface area contributed by atoms with Crippen LogP contribution in [-0.2, 0) is 11.2 Å². The summed E-state index contributed by atoms with van der Waals surface area (Å²) in [6.07, 6.45) is 4.13. The molecule has 3 nitrogen and oxygen atoms in total. The Morgan fingerprint density at radius 3 is 3.20 bits per heavy atom. The summed E-state index contributed by atoms with van der Waals surface area (Å²) in [6.45, 7) is 0.671. The molecule has 0 aliphatic rings. The molecular weight excluding hydrogens is 150 g/mol. The normalized spacial score (nSPS) is 10.1. The standard InChI is InChI=1S/C6H9NO2S/c10-5-8-2-1-6-3-7-9-4-6/h3-4,10H,1-2,5H2. The van der Waals surface area contributed by atoms with E-state index in [1.165, 1.54) is 0 Å². The number of nitrogens with zero attached hydrogens (tertiary/aromatic N) is 1. The molecule has 0 fully saturated rings. The second-order valence-corrected chi connectivity index (χ2v) is 2.08. The summed E-state index contributed by atoms with van der Waals surface area (Å²) in [7, 11) is 0. The summed E-state index contributed by atoms with van der Waals surface area (Å²) in [4.78, 5) is 0. The van der Waals surface area contributed by atoms with Crippen LogP contribution in [0.4, 0.5) is 0 Å². The molecule has 0 unspecified atom stereocenters. The SMILES string of the molecule is SCOCCc1cnoc1. The predicted molar refractivity (Wildman–Crippen MR) is 40.0 cm³/mol. The van der Waals surface area contributed by atoms with Crippen molar-refractivity contribution in [2.24, 2.45) is 0 Å². The molecule has 0 aromatic carbocycles. The lowest BCUT2D eigenvalue weighted by molar-refractivity contribution is 0.187. The van der Waals surface area contributed by atoms with Crippen molar-refractivity contribution in [3.8, 4) is 0 Å². The fourth-order valence-electron chi connectivity index (χ4n) is 0.605. The maximum absolute atomic E-state index is 5.00. The molecule has 56 valence electrons. The van der Waals surface area contributed by atoms with Crippen LogP contribution in [0.25, 0.3) is 0 Å². The first-order chi connectivity index (χ1) is 4.93. The minimum absolute atomic E-state index is 0.464. The van der Waals surface area contributed by atoms with E-state index in [0.717, 1.165) is 12.0 Å². The minimum atomic E-state index is 0.464. The average Bonchev–Trinajstić information content (AvgIpc) is 2.41. The number of aromatic nitrogens is 1. The second-order valence-electron chi connectivity index (χ2n) is 1.82. The first-order valence-electron chi connectivity index (χ1n) is 3.00. The van der Waals surface area contributed by atoms with Gasteiger partial charge in [-0.1, -0.05) is 5.16 Å². The molecule has 1 heterocycles. The molecule has 1 aromatic rings. The van der Waals surface area contributed by atoms with Crippen molar-refractivity contribution >= 4 is 12.6 Å². The first kappa shape index (κ1) is 7.63. The van der Waals surface area contributed by atoms with Crippen LogP contribution in [0, 0.1) is 0 Å². The summed E-state index contributed by atoms with van der Waals surface area (Å²) >= 11 is 3.89. The number of ether oxygens (including phenoxy) is 1. The van der Waals surface area contributed by atoms with Gasteiger partial charge in [0.2, 0.25) is 0 Å². The van der Waals surface area contributed by atoms with E-state index in [0.29, 0.717) is 12.5 Å². The number of hydrogen-bond donors (Lipinski definition) is 1. The highest BCUT2D eigenvalue weighted by atomic mass is 32.1. The van der Waals surface area contributed by atoms with Gasteiger partial charge in [0.15, 0.2) is 0 Å². The van der Waals surface area contributed by atoms with E-state index in [1.54, 1.807) is 12.5 Å². The van der Waals surface area contributed by atoms with E-state index in [1.807, 2.05) is 0 Å².